The average molecular weight is 708 g/mol. The number of alkyl carbamates (subject to hydrolysis) is 1. The normalized spacial score (nSPS) is 12.5. The van der Waals surface area contributed by atoms with Gasteiger partial charge in [-0.25, -0.2) is 22.7 Å². The Labute approximate surface area is 295 Å². The number of nitrogens with two attached hydrogens (primary N) is 1. The van der Waals surface area contributed by atoms with Crippen LogP contribution in [-0.4, -0.2) is 50.5 Å². The van der Waals surface area contributed by atoms with Gasteiger partial charge in [-0.1, -0.05) is 71.8 Å². The molecule has 0 heterocycles. The fourth-order valence-electron chi connectivity index (χ4n) is 5.17. The van der Waals surface area contributed by atoms with Crippen LogP contribution in [0.2, 0.25) is 0 Å². The van der Waals surface area contributed by atoms with E-state index in [4.69, 9.17) is 15.2 Å². The van der Waals surface area contributed by atoms with Crippen LogP contribution in [0, 0.1) is 27.7 Å². The van der Waals surface area contributed by atoms with Crippen LogP contribution < -0.4 is 21.1 Å². The third-order valence-corrected chi connectivity index (χ3v) is 9.06. The quantitative estimate of drug-likeness (QED) is 0.0800. The first-order valence-corrected chi connectivity index (χ1v) is 17.9. The first-order valence-electron chi connectivity index (χ1n) is 16.4. The summed E-state index contributed by atoms with van der Waals surface area (Å²) in [5, 5.41) is 5.47. The average Bonchev–Trinajstić information content (AvgIpc) is 3.00. The Hall–Kier alpha value is -4.91. The highest BCUT2D eigenvalue weighted by Gasteiger charge is 2.26. The van der Waals surface area contributed by atoms with E-state index in [0.717, 1.165) is 22.3 Å². The van der Waals surface area contributed by atoms with Crippen LogP contribution in [0.3, 0.4) is 0 Å². The number of aryl methyl sites for hydroxylation is 4. The van der Waals surface area contributed by atoms with Gasteiger partial charge < -0.3 is 25.8 Å². The van der Waals surface area contributed by atoms with Crippen molar-refractivity contribution < 1.29 is 32.3 Å². The number of hydrogen-bond donors (Lipinski definition) is 4. The van der Waals surface area contributed by atoms with Gasteiger partial charge in [0.05, 0.1) is 11.3 Å². The predicted molar refractivity (Wildman–Crippen MR) is 193 cm³/mol. The highest BCUT2D eigenvalue weighted by Crippen LogP contribution is 2.21. The lowest BCUT2D eigenvalue weighted by Gasteiger charge is -2.23. The number of nitrogens with zero attached hydrogens (tertiary/aromatic N) is 1. The summed E-state index contributed by atoms with van der Waals surface area (Å²) < 4.78 is 39.1. The Morgan fingerprint density at radius 1 is 0.860 bits per heavy atom. The van der Waals surface area contributed by atoms with Gasteiger partial charge in [-0.05, 0) is 89.1 Å². The number of ether oxygens (including phenoxy) is 2. The Bertz CT molecular complexity index is 1760. The van der Waals surface area contributed by atoms with Crippen molar-refractivity contribution in [3.63, 3.8) is 0 Å². The molecule has 0 bridgehead atoms. The minimum atomic E-state index is -3.97. The summed E-state index contributed by atoms with van der Waals surface area (Å²) in [4.78, 5) is 42.3. The van der Waals surface area contributed by atoms with Crippen molar-refractivity contribution in [2.45, 2.75) is 97.4 Å². The van der Waals surface area contributed by atoms with Crippen molar-refractivity contribution in [2.75, 3.05) is 6.54 Å². The maximum atomic E-state index is 13.1. The molecule has 0 radical (unpaired) electrons. The van der Waals surface area contributed by atoms with Gasteiger partial charge in [-0.2, -0.15) is 0 Å². The molecule has 3 aromatic carbocycles. The Morgan fingerprint density at radius 2 is 1.44 bits per heavy atom. The largest absolute Gasteiger partial charge is 0.459 e. The Morgan fingerprint density at radius 3 is 2.04 bits per heavy atom. The molecule has 0 aliphatic rings. The van der Waals surface area contributed by atoms with Gasteiger partial charge >= 0.3 is 12.1 Å². The predicted octanol–water partition coefficient (Wildman–Crippen LogP) is 4.79. The first kappa shape index (κ1) is 39.5. The first-order chi connectivity index (χ1) is 23.4. The molecule has 13 heteroatoms. The second-order valence-corrected chi connectivity index (χ2v) is 14.9. The molecule has 0 aliphatic carbocycles. The summed E-state index contributed by atoms with van der Waals surface area (Å²) >= 11 is 0. The summed E-state index contributed by atoms with van der Waals surface area (Å²) in [5.74, 6) is -1.09. The third-order valence-electron chi connectivity index (χ3n) is 7.40. The fraction of sp³-hybridized carbons (Fsp3) is 0.405. The standard InChI is InChI=1S/C37H49N5O7S/c1-24-10-12-29(13-11-24)22-40-32(43)21-28-14-16-30(17-15-28)23-48-34(44)31(41-36(45)49-37(5,6)7)9-8-18-39-35(38)42-50(46,47)33-26(3)19-25(2)20-27(33)4/h10-17,19-20,31H,8-9,18,21-23H2,1-7H3,(H,40,43)(H,41,45)(H3,38,39,42)/t31-/m0/s1. The topological polar surface area (TPSA) is 178 Å². The van der Waals surface area contributed by atoms with Crippen molar-refractivity contribution >= 4 is 34.0 Å². The van der Waals surface area contributed by atoms with Gasteiger partial charge in [0, 0.05) is 13.1 Å². The van der Waals surface area contributed by atoms with Gasteiger partial charge in [0.1, 0.15) is 18.2 Å². The number of hydrogen-bond acceptors (Lipinski definition) is 8. The lowest BCUT2D eigenvalue weighted by atomic mass is 10.1. The number of guanidine groups is 1. The van der Waals surface area contributed by atoms with Crippen molar-refractivity contribution in [2.24, 2.45) is 10.7 Å². The highest BCUT2D eigenvalue weighted by molar-refractivity contribution is 7.90. The molecule has 270 valence electrons. The van der Waals surface area contributed by atoms with E-state index >= 15 is 0 Å². The van der Waals surface area contributed by atoms with E-state index < -0.39 is 33.7 Å². The van der Waals surface area contributed by atoms with Crippen molar-refractivity contribution in [1.29, 1.82) is 0 Å². The van der Waals surface area contributed by atoms with Crippen LogP contribution in [-0.2, 0) is 48.7 Å². The van der Waals surface area contributed by atoms with Gasteiger partial charge in [0.25, 0.3) is 10.0 Å². The molecule has 50 heavy (non-hydrogen) atoms. The molecule has 0 saturated carbocycles. The van der Waals surface area contributed by atoms with Crippen LogP contribution in [0.15, 0.2) is 70.6 Å². The number of sulfonamides is 1. The van der Waals surface area contributed by atoms with Crippen molar-refractivity contribution in [1.82, 2.24) is 15.4 Å². The van der Waals surface area contributed by atoms with Gasteiger partial charge in [-0.15, -0.1) is 0 Å². The number of benzene rings is 3. The summed E-state index contributed by atoms with van der Waals surface area (Å²) in [6.07, 6.45) is -0.201. The van der Waals surface area contributed by atoms with E-state index in [1.807, 2.05) is 38.1 Å². The van der Waals surface area contributed by atoms with Gasteiger partial charge in [-0.3, -0.25) is 9.79 Å². The maximum absolute atomic E-state index is 13.1. The zero-order chi connectivity index (χ0) is 37.1. The molecule has 0 fully saturated rings. The van der Waals surface area contributed by atoms with E-state index in [2.05, 4.69) is 20.3 Å². The van der Waals surface area contributed by atoms with E-state index in [9.17, 15) is 22.8 Å². The monoisotopic (exact) mass is 707 g/mol. The van der Waals surface area contributed by atoms with Crippen LogP contribution in [0.5, 0.6) is 0 Å². The molecule has 1 atom stereocenters. The number of nitrogens with one attached hydrogen (secondary N) is 3. The summed E-state index contributed by atoms with van der Waals surface area (Å²) in [7, 11) is -3.97. The van der Waals surface area contributed by atoms with Crippen molar-refractivity contribution in [3.8, 4) is 0 Å². The maximum Gasteiger partial charge on any atom is 0.408 e. The Balaban J connectivity index is 1.55. The molecular weight excluding hydrogens is 659 g/mol. The second-order valence-electron chi connectivity index (χ2n) is 13.3. The van der Waals surface area contributed by atoms with E-state index in [1.54, 1.807) is 71.0 Å². The molecule has 0 aliphatic heterocycles. The molecule has 5 N–H and O–H groups in total. The lowest BCUT2D eigenvalue weighted by molar-refractivity contribution is -0.147. The zero-order valence-electron chi connectivity index (χ0n) is 29.9. The van der Waals surface area contributed by atoms with E-state index in [1.165, 1.54) is 0 Å². The number of carbonyl (C=O) groups is 3. The minimum absolute atomic E-state index is 0.0596. The SMILES string of the molecule is Cc1ccc(CNC(=O)Cc2ccc(COC(=O)[C@H](CCCN=C(N)NS(=O)(=O)c3c(C)cc(C)cc3C)NC(=O)OC(C)(C)C)cc2)cc1. The van der Waals surface area contributed by atoms with Crippen LogP contribution in [0.4, 0.5) is 4.79 Å². The zero-order valence-corrected chi connectivity index (χ0v) is 30.7. The second kappa shape index (κ2) is 17.7. The smallest absolute Gasteiger partial charge is 0.408 e. The van der Waals surface area contributed by atoms with Gasteiger partial charge in [0.2, 0.25) is 11.9 Å². The molecule has 3 rings (SSSR count). The highest BCUT2D eigenvalue weighted by atomic mass is 32.2. The number of carbonyl (C=O) groups excluding carboxylic acids is 3. The molecule has 0 unspecified atom stereocenters. The van der Waals surface area contributed by atoms with Crippen LogP contribution in [0.25, 0.3) is 0 Å². The number of amides is 2. The molecule has 0 aromatic heterocycles. The molecule has 2 amide bonds. The number of rotatable bonds is 14. The summed E-state index contributed by atoms with van der Waals surface area (Å²) in [6.45, 7) is 12.9. The molecule has 3 aromatic rings. The fourth-order valence-corrected chi connectivity index (χ4v) is 6.58. The van der Waals surface area contributed by atoms with E-state index in [-0.39, 0.29) is 49.2 Å². The summed E-state index contributed by atoms with van der Waals surface area (Å²) in [5.41, 5.74) is 10.9. The molecule has 0 spiro atoms. The summed E-state index contributed by atoms with van der Waals surface area (Å²) in [6, 6.07) is 17.6. The lowest BCUT2D eigenvalue weighted by Crippen LogP contribution is -2.44. The molecular formula is C37H49N5O7S. The van der Waals surface area contributed by atoms with Crippen LogP contribution >= 0.6 is 0 Å². The van der Waals surface area contributed by atoms with Crippen molar-refractivity contribution in [3.05, 3.63) is 99.6 Å². The van der Waals surface area contributed by atoms with Gasteiger partial charge in [0.15, 0.2) is 0 Å². The molecule has 12 nitrogen and oxygen atoms in total. The third kappa shape index (κ3) is 13.2. The number of esters is 1. The number of aliphatic imine (C=N–C) groups is 1. The van der Waals surface area contributed by atoms with Crippen LogP contribution in [0.1, 0.15) is 72.6 Å². The van der Waals surface area contributed by atoms with E-state index in [0.29, 0.717) is 23.2 Å². The molecule has 0 saturated heterocycles. The minimum Gasteiger partial charge on any atom is -0.459 e. The Kier molecular flexibility index (Phi) is 14.0.